The number of rotatable bonds is 8. The van der Waals surface area contributed by atoms with Gasteiger partial charge in [-0.15, -0.1) is 0 Å². The second-order valence-electron chi connectivity index (χ2n) is 7.61. The Bertz CT molecular complexity index is 936. The molecule has 30 heavy (non-hydrogen) atoms. The first-order chi connectivity index (χ1) is 14.4. The van der Waals surface area contributed by atoms with Crippen molar-refractivity contribution in [3.63, 3.8) is 0 Å². The lowest BCUT2D eigenvalue weighted by molar-refractivity contribution is -0.137. The molecule has 2 aromatic rings. The van der Waals surface area contributed by atoms with Crippen LogP contribution in [0.25, 0.3) is 6.08 Å². The molecule has 1 heterocycles. The fourth-order valence-electron chi connectivity index (χ4n) is 3.28. The van der Waals surface area contributed by atoms with Gasteiger partial charge in [-0.1, -0.05) is 37.3 Å². The van der Waals surface area contributed by atoms with Crippen LogP contribution in [0.4, 0.5) is 11.4 Å². The van der Waals surface area contributed by atoms with Gasteiger partial charge in [0.05, 0.1) is 24.5 Å². The summed E-state index contributed by atoms with van der Waals surface area (Å²) >= 11 is 0. The SMILES string of the molecule is CCCOc1ccccc1/C=C/C(=O)OCCN1C(=O)C(C)(C)Nc2ccccc21. The van der Waals surface area contributed by atoms with Crippen LogP contribution < -0.4 is 15.0 Å². The van der Waals surface area contributed by atoms with Crippen molar-refractivity contribution >= 4 is 29.3 Å². The highest BCUT2D eigenvalue weighted by molar-refractivity contribution is 6.07. The summed E-state index contributed by atoms with van der Waals surface area (Å²) in [7, 11) is 0. The van der Waals surface area contributed by atoms with Gasteiger partial charge < -0.3 is 19.7 Å². The summed E-state index contributed by atoms with van der Waals surface area (Å²) in [5, 5.41) is 3.25. The predicted molar refractivity (Wildman–Crippen MR) is 119 cm³/mol. The molecule has 6 nitrogen and oxygen atoms in total. The highest BCUT2D eigenvalue weighted by Gasteiger charge is 2.38. The van der Waals surface area contributed by atoms with E-state index in [1.165, 1.54) is 6.08 Å². The van der Waals surface area contributed by atoms with Gasteiger partial charge in [-0.3, -0.25) is 4.79 Å². The number of amides is 1. The van der Waals surface area contributed by atoms with E-state index >= 15 is 0 Å². The van der Waals surface area contributed by atoms with Crippen LogP contribution in [0.2, 0.25) is 0 Å². The van der Waals surface area contributed by atoms with Crippen LogP contribution in [-0.4, -0.2) is 37.2 Å². The molecule has 0 aliphatic carbocycles. The molecular formula is C24H28N2O4. The predicted octanol–water partition coefficient (Wildman–Crippen LogP) is 4.27. The molecule has 158 valence electrons. The van der Waals surface area contributed by atoms with E-state index in [4.69, 9.17) is 9.47 Å². The topological polar surface area (TPSA) is 67.9 Å². The minimum absolute atomic E-state index is 0.0604. The molecule has 1 aliphatic rings. The summed E-state index contributed by atoms with van der Waals surface area (Å²) in [6.07, 6.45) is 3.97. The van der Waals surface area contributed by atoms with Crippen LogP contribution in [0, 0.1) is 0 Å². The monoisotopic (exact) mass is 408 g/mol. The molecule has 0 unspecified atom stereocenters. The minimum Gasteiger partial charge on any atom is -0.493 e. The molecule has 0 radical (unpaired) electrons. The van der Waals surface area contributed by atoms with Gasteiger partial charge >= 0.3 is 5.97 Å². The number of fused-ring (bicyclic) bond motifs is 1. The van der Waals surface area contributed by atoms with Crippen LogP contribution >= 0.6 is 0 Å². The molecule has 0 bridgehead atoms. The molecule has 0 atom stereocenters. The largest absolute Gasteiger partial charge is 0.493 e. The normalized spacial score (nSPS) is 14.9. The quantitative estimate of drug-likeness (QED) is 0.522. The van der Waals surface area contributed by atoms with Crippen LogP contribution in [-0.2, 0) is 14.3 Å². The zero-order valence-corrected chi connectivity index (χ0v) is 17.7. The number of carbonyl (C=O) groups excluding carboxylic acids is 2. The number of carbonyl (C=O) groups is 2. The Labute approximate surface area is 177 Å². The van der Waals surface area contributed by atoms with Crippen LogP contribution in [0.5, 0.6) is 5.75 Å². The number of nitrogens with one attached hydrogen (secondary N) is 1. The summed E-state index contributed by atoms with van der Waals surface area (Å²) in [5.41, 5.74) is 1.77. The number of anilines is 2. The van der Waals surface area contributed by atoms with Crippen molar-refractivity contribution in [1.82, 2.24) is 0 Å². The van der Waals surface area contributed by atoms with Gasteiger partial charge in [0.25, 0.3) is 5.91 Å². The third-order valence-electron chi connectivity index (χ3n) is 4.76. The van der Waals surface area contributed by atoms with Gasteiger partial charge in [0.1, 0.15) is 17.9 Å². The Morgan fingerprint density at radius 2 is 1.83 bits per heavy atom. The van der Waals surface area contributed by atoms with Crippen LogP contribution in [0.3, 0.4) is 0 Å². The third-order valence-corrected chi connectivity index (χ3v) is 4.76. The highest BCUT2D eigenvalue weighted by atomic mass is 16.5. The highest BCUT2D eigenvalue weighted by Crippen LogP contribution is 2.34. The molecule has 1 amide bonds. The zero-order chi connectivity index (χ0) is 21.6. The van der Waals surface area contributed by atoms with Gasteiger partial charge in [-0.2, -0.15) is 0 Å². The number of hydrogen-bond donors (Lipinski definition) is 1. The van der Waals surface area contributed by atoms with Gasteiger partial charge in [0, 0.05) is 11.6 Å². The lowest BCUT2D eigenvalue weighted by Gasteiger charge is -2.39. The smallest absolute Gasteiger partial charge is 0.330 e. The molecule has 0 spiro atoms. The van der Waals surface area contributed by atoms with Crippen molar-refractivity contribution in [3.05, 3.63) is 60.2 Å². The fraction of sp³-hybridized carbons (Fsp3) is 0.333. The van der Waals surface area contributed by atoms with Crippen molar-refractivity contribution < 1.29 is 19.1 Å². The first kappa shape index (κ1) is 21.4. The summed E-state index contributed by atoms with van der Waals surface area (Å²) in [6, 6.07) is 15.1. The van der Waals surface area contributed by atoms with E-state index in [0.717, 1.165) is 29.1 Å². The van der Waals surface area contributed by atoms with Crippen molar-refractivity contribution in [2.24, 2.45) is 0 Å². The molecule has 1 aliphatic heterocycles. The Balaban J connectivity index is 1.60. The molecule has 3 rings (SSSR count). The van der Waals surface area contributed by atoms with Crippen molar-refractivity contribution in [2.75, 3.05) is 30.0 Å². The van der Waals surface area contributed by atoms with Gasteiger partial charge in [-0.25, -0.2) is 4.79 Å². The van der Waals surface area contributed by atoms with E-state index in [0.29, 0.717) is 6.61 Å². The molecule has 0 fully saturated rings. The number of ether oxygens (including phenoxy) is 2. The van der Waals surface area contributed by atoms with Crippen molar-refractivity contribution in [1.29, 1.82) is 0 Å². The fourth-order valence-corrected chi connectivity index (χ4v) is 3.28. The third kappa shape index (κ3) is 5.00. The van der Waals surface area contributed by atoms with E-state index in [-0.39, 0.29) is 19.1 Å². The Hall–Kier alpha value is -3.28. The lowest BCUT2D eigenvalue weighted by Crippen LogP contribution is -2.54. The molecule has 0 saturated heterocycles. The Morgan fingerprint density at radius 1 is 1.10 bits per heavy atom. The van der Waals surface area contributed by atoms with E-state index in [9.17, 15) is 9.59 Å². The maximum absolute atomic E-state index is 12.8. The Kier molecular flexibility index (Phi) is 6.77. The van der Waals surface area contributed by atoms with Crippen LogP contribution in [0.15, 0.2) is 54.6 Å². The summed E-state index contributed by atoms with van der Waals surface area (Å²) in [5.74, 6) is 0.207. The second-order valence-corrected chi connectivity index (χ2v) is 7.61. The number of hydrogen-bond acceptors (Lipinski definition) is 5. The average Bonchev–Trinajstić information content (AvgIpc) is 2.73. The molecule has 0 saturated carbocycles. The molecular weight excluding hydrogens is 380 g/mol. The maximum Gasteiger partial charge on any atom is 0.330 e. The zero-order valence-electron chi connectivity index (χ0n) is 17.7. The van der Waals surface area contributed by atoms with E-state index in [1.807, 2.05) is 69.3 Å². The minimum atomic E-state index is -0.722. The summed E-state index contributed by atoms with van der Waals surface area (Å²) in [6.45, 7) is 6.73. The van der Waals surface area contributed by atoms with Gasteiger partial charge in [0.15, 0.2) is 0 Å². The molecule has 1 N–H and O–H groups in total. The molecule has 2 aromatic carbocycles. The average molecular weight is 408 g/mol. The van der Waals surface area contributed by atoms with Gasteiger partial charge in [0.2, 0.25) is 0 Å². The van der Waals surface area contributed by atoms with E-state index in [2.05, 4.69) is 5.32 Å². The van der Waals surface area contributed by atoms with Crippen molar-refractivity contribution in [3.8, 4) is 5.75 Å². The van der Waals surface area contributed by atoms with E-state index in [1.54, 1.807) is 11.0 Å². The number of nitrogens with zero attached hydrogens (tertiary/aromatic N) is 1. The lowest BCUT2D eigenvalue weighted by atomic mass is 9.98. The number of esters is 1. The van der Waals surface area contributed by atoms with Crippen LogP contribution in [0.1, 0.15) is 32.8 Å². The number of para-hydroxylation sites is 3. The second kappa shape index (κ2) is 9.48. The maximum atomic E-state index is 12.8. The first-order valence-corrected chi connectivity index (χ1v) is 10.2. The summed E-state index contributed by atoms with van der Waals surface area (Å²) in [4.78, 5) is 26.7. The first-order valence-electron chi connectivity index (χ1n) is 10.2. The van der Waals surface area contributed by atoms with Gasteiger partial charge in [-0.05, 0) is 44.5 Å². The van der Waals surface area contributed by atoms with Crippen molar-refractivity contribution in [2.45, 2.75) is 32.7 Å². The number of benzene rings is 2. The molecule has 6 heteroatoms. The van der Waals surface area contributed by atoms with E-state index < -0.39 is 11.5 Å². The Morgan fingerprint density at radius 3 is 2.63 bits per heavy atom. The standard InChI is InChI=1S/C24H28N2O4/c1-4-16-29-21-12-8-5-9-18(21)13-14-22(27)30-17-15-26-20-11-7-6-10-19(20)25-24(2,3)23(26)28/h5-14,25H,4,15-17H2,1-3H3/b14-13+. The summed E-state index contributed by atoms with van der Waals surface area (Å²) < 4.78 is 11.0. The molecule has 0 aromatic heterocycles.